The van der Waals surface area contributed by atoms with Gasteiger partial charge in [0.05, 0.1) is 10.4 Å². The van der Waals surface area contributed by atoms with Gasteiger partial charge in [-0.1, -0.05) is 37.1 Å². The molecule has 2 nitrogen and oxygen atoms in total. The first-order valence-electron chi connectivity index (χ1n) is 6.55. The molecule has 3 rings (SSSR count). The Bertz CT molecular complexity index is 655. The SMILES string of the molecule is CCCc1cc2cccc(Cl)c2c(=O)n1C1CC1. The second-order valence-corrected chi connectivity index (χ2v) is 5.40. The molecule has 2 aromatic rings. The number of rotatable bonds is 3. The van der Waals surface area contributed by atoms with Gasteiger partial charge in [-0.2, -0.15) is 0 Å². The molecule has 3 heteroatoms. The van der Waals surface area contributed by atoms with Crippen LogP contribution in [-0.4, -0.2) is 4.57 Å². The van der Waals surface area contributed by atoms with E-state index in [4.69, 9.17) is 11.6 Å². The molecule has 1 aromatic heterocycles. The number of aromatic nitrogens is 1. The minimum Gasteiger partial charge on any atom is -0.309 e. The fraction of sp³-hybridized carbons (Fsp3) is 0.400. The van der Waals surface area contributed by atoms with Crippen molar-refractivity contribution in [2.45, 2.75) is 38.6 Å². The zero-order valence-corrected chi connectivity index (χ0v) is 11.2. The van der Waals surface area contributed by atoms with Crippen LogP contribution in [-0.2, 0) is 6.42 Å². The maximum Gasteiger partial charge on any atom is 0.260 e. The molecular formula is C15H16ClNO. The fourth-order valence-electron chi connectivity index (χ4n) is 2.57. The summed E-state index contributed by atoms with van der Waals surface area (Å²) >= 11 is 6.18. The van der Waals surface area contributed by atoms with Crippen LogP contribution in [0, 0.1) is 0 Å². The van der Waals surface area contributed by atoms with Crippen molar-refractivity contribution in [3.8, 4) is 0 Å². The first-order chi connectivity index (χ1) is 8.72. The number of hydrogen-bond acceptors (Lipinski definition) is 1. The third kappa shape index (κ3) is 1.85. The van der Waals surface area contributed by atoms with Gasteiger partial charge in [-0.3, -0.25) is 4.79 Å². The molecule has 0 aliphatic heterocycles. The topological polar surface area (TPSA) is 22.0 Å². The largest absolute Gasteiger partial charge is 0.309 e. The first-order valence-corrected chi connectivity index (χ1v) is 6.93. The van der Waals surface area contributed by atoms with Crippen molar-refractivity contribution >= 4 is 22.4 Å². The molecule has 1 heterocycles. The second-order valence-electron chi connectivity index (χ2n) is 5.00. The zero-order valence-electron chi connectivity index (χ0n) is 10.4. The van der Waals surface area contributed by atoms with E-state index in [9.17, 15) is 4.79 Å². The van der Waals surface area contributed by atoms with Crippen molar-refractivity contribution in [1.82, 2.24) is 4.57 Å². The van der Waals surface area contributed by atoms with Gasteiger partial charge in [0.1, 0.15) is 0 Å². The molecule has 0 saturated heterocycles. The maximum atomic E-state index is 12.6. The number of hydrogen-bond donors (Lipinski definition) is 0. The van der Waals surface area contributed by atoms with Gasteiger partial charge in [0.25, 0.3) is 5.56 Å². The highest BCUT2D eigenvalue weighted by atomic mass is 35.5. The van der Waals surface area contributed by atoms with Crippen molar-refractivity contribution in [2.75, 3.05) is 0 Å². The average Bonchev–Trinajstić information content (AvgIpc) is 3.13. The summed E-state index contributed by atoms with van der Waals surface area (Å²) in [6.07, 6.45) is 4.24. The summed E-state index contributed by atoms with van der Waals surface area (Å²) in [4.78, 5) is 12.6. The first kappa shape index (κ1) is 11.8. The predicted octanol–water partition coefficient (Wildman–Crippen LogP) is 3.94. The van der Waals surface area contributed by atoms with Crippen molar-refractivity contribution in [2.24, 2.45) is 0 Å². The third-order valence-electron chi connectivity index (χ3n) is 3.53. The van der Waals surface area contributed by atoms with E-state index < -0.39 is 0 Å². The van der Waals surface area contributed by atoms with E-state index >= 15 is 0 Å². The maximum absolute atomic E-state index is 12.6. The van der Waals surface area contributed by atoms with Crippen LogP contribution in [0.2, 0.25) is 5.02 Å². The monoisotopic (exact) mass is 261 g/mol. The molecule has 0 unspecified atom stereocenters. The minimum absolute atomic E-state index is 0.0871. The lowest BCUT2D eigenvalue weighted by atomic mass is 10.1. The molecule has 18 heavy (non-hydrogen) atoms. The quantitative estimate of drug-likeness (QED) is 0.820. The lowest BCUT2D eigenvalue weighted by molar-refractivity contribution is 0.655. The summed E-state index contributed by atoms with van der Waals surface area (Å²) in [6.45, 7) is 2.14. The molecule has 0 amide bonds. The molecule has 0 N–H and O–H groups in total. The van der Waals surface area contributed by atoms with Crippen LogP contribution < -0.4 is 5.56 Å². The van der Waals surface area contributed by atoms with E-state index in [-0.39, 0.29) is 5.56 Å². The summed E-state index contributed by atoms with van der Waals surface area (Å²) in [7, 11) is 0. The third-order valence-corrected chi connectivity index (χ3v) is 3.84. The molecular weight excluding hydrogens is 246 g/mol. The van der Waals surface area contributed by atoms with Gasteiger partial charge in [0.15, 0.2) is 0 Å². The van der Waals surface area contributed by atoms with Crippen LogP contribution in [0.25, 0.3) is 10.8 Å². The molecule has 0 radical (unpaired) electrons. The Balaban J connectivity index is 2.34. The van der Waals surface area contributed by atoms with Crippen LogP contribution in [0.1, 0.15) is 37.9 Å². The fourth-order valence-corrected chi connectivity index (χ4v) is 2.83. The van der Waals surface area contributed by atoms with Gasteiger partial charge in [-0.25, -0.2) is 0 Å². The van der Waals surface area contributed by atoms with E-state index in [1.165, 1.54) is 0 Å². The van der Waals surface area contributed by atoms with E-state index in [0.717, 1.165) is 36.8 Å². The smallest absolute Gasteiger partial charge is 0.260 e. The highest BCUT2D eigenvalue weighted by molar-refractivity contribution is 6.35. The van der Waals surface area contributed by atoms with Crippen molar-refractivity contribution in [3.63, 3.8) is 0 Å². The van der Waals surface area contributed by atoms with Crippen LogP contribution in [0.15, 0.2) is 29.1 Å². The highest BCUT2D eigenvalue weighted by Gasteiger charge is 2.27. The van der Waals surface area contributed by atoms with E-state index in [2.05, 4.69) is 13.0 Å². The Morgan fingerprint density at radius 3 is 2.83 bits per heavy atom. The standard InChI is InChI=1S/C15H16ClNO/c1-2-4-12-9-10-5-3-6-13(16)14(10)15(18)17(12)11-7-8-11/h3,5-6,9,11H,2,4,7-8H2,1H3. The number of fused-ring (bicyclic) bond motifs is 1. The number of aryl methyl sites for hydroxylation is 1. The van der Waals surface area contributed by atoms with Crippen molar-refractivity contribution < 1.29 is 0 Å². The lowest BCUT2D eigenvalue weighted by Gasteiger charge is -2.13. The number of pyridine rings is 1. The molecule has 1 aliphatic rings. The summed E-state index contributed by atoms with van der Waals surface area (Å²) in [5.74, 6) is 0. The normalized spacial score (nSPS) is 15.2. The molecule has 1 fully saturated rings. The summed E-state index contributed by atoms with van der Waals surface area (Å²) in [6, 6.07) is 8.20. The average molecular weight is 262 g/mol. The summed E-state index contributed by atoms with van der Waals surface area (Å²) in [5, 5.41) is 2.20. The van der Waals surface area contributed by atoms with Gasteiger partial charge >= 0.3 is 0 Å². The summed E-state index contributed by atoms with van der Waals surface area (Å²) in [5.41, 5.74) is 1.24. The Labute approximate surface area is 111 Å². The van der Waals surface area contributed by atoms with Gasteiger partial charge in [0, 0.05) is 11.7 Å². The predicted molar refractivity (Wildman–Crippen MR) is 75.5 cm³/mol. The van der Waals surface area contributed by atoms with Gasteiger partial charge in [-0.15, -0.1) is 0 Å². The van der Waals surface area contributed by atoms with E-state index in [0.29, 0.717) is 16.5 Å². The number of nitrogens with zero attached hydrogens (tertiary/aromatic N) is 1. The van der Waals surface area contributed by atoms with Crippen molar-refractivity contribution in [1.29, 1.82) is 0 Å². The molecule has 0 spiro atoms. The molecule has 0 bridgehead atoms. The van der Waals surface area contributed by atoms with Crippen LogP contribution >= 0.6 is 11.6 Å². The Kier molecular flexibility index (Phi) is 2.90. The minimum atomic E-state index is 0.0871. The Hall–Kier alpha value is -1.28. The molecule has 94 valence electrons. The van der Waals surface area contributed by atoms with E-state index in [1.54, 1.807) is 6.07 Å². The number of benzene rings is 1. The van der Waals surface area contributed by atoms with Crippen LogP contribution in [0.3, 0.4) is 0 Å². The van der Waals surface area contributed by atoms with E-state index in [1.807, 2.05) is 16.7 Å². The number of halogens is 1. The lowest BCUT2D eigenvalue weighted by Crippen LogP contribution is -2.23. The zero-order chi connectivity index (χ0) is 12.7. The van der Waals surface area contributed by atoms with Gasteiger partial charge < -0.3 is 4.57 Å². The van der Waals surface area contributed by atoms with Crippen LogP contribution in [0.4, 0.5) is 0 Å². The highest BCUT2D eigenvalue weighted by Crippen LogP contribution is 2.36. The molecule has 1 aliphatic carbocycles. The Morgan fingerprint density at radius 2 is 2.17 bits per heavy atom. The molecule has 1 aromatic carbocycles. The Morgan fingerprint density at radius 1 is 1.39 bits per heavy atom. The van der Waals surface area contributed by atoms with Gasteiger partial charge in [0.2, 0.25) is 0 Å². The summed E-state index contributed by atoms with van der Waals surface area (Å²) < 4.78 is 1.97. The van der Waals surface area contributed by atoms with Crippen LogP contribution in [0.5, 0.6) is 0 Å². The van der Waals surface area contributed by atoms with Crippen molar-refractivity contribution in [3.05, 3.63) is 45.3 Å². The van der Waals surface area contributed by atoms with Gasteiger partial charge in [-0.05, 0) is 36.8 Å². The molecule has 0 atom stereocenters. The second kappa shape index (κ2) is 4.43. The molecule has 1 saturated carbocycles.